The fourth-order valence-electron chi connectivity index (χ4n) is 3.64. The molecule has 1 aliphatic heterocycles. The zero-order valence-electron chi connectivity index (χ0n) is 16.3. The Bertz CT molecular complexity index is 996. The Hall–Kier alpha value is -2.86. The highest BCUT2D eigenvalue weighted by Gasteiger charge is 2.15. The monoisotopic (exact) mass is 379 g/mol. The van der Waals surface area contributed by atoms with Gasteiger partial charge in [-0.15, -0.1) is 0 Å². The highest BCUT2D eigenvalue weighted by molar-refractivity contribution is 5.97. The first kappa shape index (κ1) is 18.5. The molecule has 1 N–H and O–H groups in total. The minimum absolute atomic E-state index is 0.119. The molecule has 146 valence electrons. The number of nitrogens with zero attached hydrogens (tertiary/aromatic N) is 2. The maximum Gasteiger partial charge on any atom is 0.251 e. The Kier molecular flexibility index (Phi) is 5.30. The molecule has 6 heteroatoms. The summed E-state index contributed by atoms with van der Waals surface area (Å²) in [5, 5.41) is 3.00. The van der Waals surface area contributed by atoms with Crippen LogP contribution in [0.4, 0.5) is 5.69 Å². The van der Waals surface area contributed by atoms with E-state index < -0.39 is 0 Å². The minimum atomic E-state index is -0.119. The molecule has 2 heterocycles. The normalized spacial score (nSPS) is 13.6. The Morgan fingerprint density at radius 3 is 3.04 bits per heavy atom. The van der Waals surface area contributed by atoms with Crippen LogP contribution in [-0.2, 0) is 24.1 Å². The molecule has 0 fully saturated rings. The lowest BCUT2D eigenvalue weighted by molar-refractivity contribution is 0.0951. The molecule has 0 aliphatic carbocycles. The van der Waals surface area contributed by atoms with Crippen molar-refractivity contribution >= 4 is 22.7 Å². The van der Waals surface area contributed by atoms with Gasteiger partial charge in [0.2, 0.25) is 0 Å². The molecule has 1 aliphatic rings. The van der Waals surface area contributed by atoms with Gasteiger partial charge in [0, 0.05) is 44.9 Å². The summed E-state index contributed by atoms with van der Waals surface area (Å²) >= 11 is 0. The number of hydrogen-bond donors (Lipinski definition) is 1. The van der Waals surface area contributed by atoms with Gasteiger partial charge in [0.15, 0.2) is 11.5 Å². The van der Waals surface area contributed by atoms with Crippen molar-refractivity contribution in [2.24, 2.45) is 0 Å². The van der Waals surface area contributed by atoms with E-state index in [1.807, 2.05) is 6.07 Å². The topological polar surface area (TPSA) is 67.6 Å². The Labute approximate surface area is 164 Å². The van der Waals surface area contributed by atoms with Crippen LogP contribution in [-0.4, -0.2) is 38.2 Å². The molecular formula is C22H25N3O3. The maximum atomic E-state index is 12.6. The van der Waals surface area contributed by atoms with Gasteiger partial charge in [-0.25, -0.2) is 4.98 Å². The number of anilines is 1. The summed E-state index contributed by atoms with van der Waals surface area (Å²) in [6.07, 6.45) is 2.87. The lowest BCUT2D eigenvalue weighted by Crippen LogP contribution is -2.25. The third-order valence-electron chi connectivity index (χ3n) is 5.16. The molecule has 0 bridgehead atoms. The first-order chi connectivity index (χ1) is 13.6. The lowest BCUT2D eigenvalue weighted by Gasteiger charge is -2.27. The van der Waals surface area contributed by atoms with Crippen molar-refractivity contribution in [2.45, 2.75) is 25.8 Å². The van der Waals surface area contributed by atoms with Crippen molar-refractivity contribution in [3.63, 3.8) is 0 Å². The van der Waals surface area contributed by atoms with Gasteiger partial charge >= 0.3 is 0 Å². The molecule has 6 nitrogen and oxygen atoms in total. The Balaban J connectivity index is 1.43. The smallest absolute Gasteiger partial charge is 0.251 e. The maximum absolute atomic E-state index is 12.6. The highest BCUT2D eigenvalue weighted by atomic mass is 16.5. The van der Waals surface area contributed by atoms with E-state index >= 15 is 0 Å². The number of aryl methyl sites for hydroxylation is 1. The van der Waals surface area contributed by atoms with Gasteiger partial charge in [0.05, 0.1) is 6.61 Å². The summed E-state index contributed by atoms with van der Waals surface area (Å²) in [5.74, 6) is 0.500. The van der Waals surface area contributed by atoms with Crippen molar-refractivity contribution < 1.29 is 13.9 Å². The molecule has 0 radical (unpaired) electrons. The van der Waals surface area contributed by atoms with Crippen molar-refractivity contribution in [3.05, 3.63) is 59.0 Å². The van der Waals surface area contributed by atoms with Crippen molar-refractivity contribution in [3.8, 4) is 0 Å². The molecule has 1 amide bonds. The van der Waals surface area contributed by atoms with Crippen molar-refractivity contribution in [1.82, 2.24) is 10.3 Å². The third-order valence-corrected chi connectivity index (χ3v) is 5.16. The van der Waals surface area contributed by atoms with Gasteiger partial charge in [-0.3, -0.25) is 4.79 Å². The standard InChI is InChI=1S/C22H25N3O3/c1-25-10-3-4-16-12-15(5-8-19(16)25)14-23-22(26)17-6-7-18-20(13-17)28-21(24-18)9-11-27-2/h5-8,12-13H,3-4,9-11,14H2,1-2H3,(H,23,26). The van der Waals surface area contributed by atoms with Crippen LogP contribution in [0.1, 0.15) is 33.8 Å². The van der Waals surface area contributed by atoms with Crippen LogP contribution in [0.5, 0.6) is 0 Å². The number of carbonyl (C=O) groups excluding carboxylic acids is 1. The molecular weight excluding hydrogens is 354 g/mol. The molecule has 4 rings (SSSR count). The number of oxazole rings is 1. The number of aromatic nitrogens is 1. The second-order valence-electron chi connectivity index (χ2n) is 7.20. The van der Waals surface area contributed by atoms with E-state index in [-0.39, 0.29) is 5.91 Å². The van der Waals surface area contributed by atoms with Gasteiger partial charge in [-0.05, 0) is 48.2 Å². The quantitative estimate of drug-likeness (QED) is 0.712. The lowest BCUT2D eigenvalue weighted by atomic mass is 9.99. The predicted octanol–water partition coefficient (Wildman–Crippen LogP) is 3.33. The van der Waals surface area contributed by atoms with Gasteiger partial charge in [-0.2, -0.15) is 0 Å². The van der Waals surface area contributed by atoms with Crippen LogP contribution >= 0.6 is 0 Å². The summed E-state index contributed by atoms with van der Waals surface area (Å²) in [6.45, 7) is 2.15. The van der Waals surface area contributed by atoms with E-state index in [2.05, 4.69) is 40.4 Å². The molecule has 0 unspecified atom stereocenters. The number of hydrogen-bond acceptors (Lipinski definition) is 5. The van der Waals surface area contributed by atoms with Crippen molar-refractivity contribution in [1.29, 1.82) is 0 Å². The van der Waals surface area contributed by atoms with Gasteiger partial charge in [0.25, 0.3) is 5.91 Å². The number of ether oxygens (including phenoxy) is 1. The summed E-state index contributed by atoms with van der Waals surface area (Å²) in [6, 6.07) is 11.8. The Morgan fingerprint density at radius 1 is 1.29 bits per heavy atom. The van der Waals surface area contributed by atoms with E-state index in [1.165, 1.54) is 17.7 Å². The minimum Gasteiger partial charge on any atom is -0.441 e. The third kappa shape index (κ3) is 3.87. The number of methoxy groups -OCH3 is 1. The molecule has 0 atom stereocenters. The predicted molar refractivity (Wildman–Crippen MR) is 109 cm³/mol. The number of fused-ring (bicyclic) bond motifs is 2. The number of rotatable bonds is 6. The van der Waals surface area contributed by atoms with Crippen LogP contribution in [0.3, 0.4) is 0 Å². The second kappa shape index (κ2) is 8.02. The fraction of sp³-hybridized carbons (Fsp3) is 0.364. The molecule has 1 aromatic heterocycles. The van der Waals surface area contributed by atoms with E-state index in [0.717, 1.165) is 24.0 Å². The summed E-state index contributed by atoms with van der Waals surface area (Å²) in [7, 11) is 3.77. The van der Waals surface area contributed by atoms with E-state index in [4.69, 9.17) is 9.15 Å². The van der Waals surface area contributed by atoms with E-state index in [0.29, 0.717) is 36.6 Å². The molecule has 3 aromatic rings. The number of nitrogens with one attached hydrogen (secondary N) is 1. The first-order valence-corrected chi connectivity index (χ1v) is 9.63. The van der Waals surface area contributed by atoms with Crippen LogP contribution in [0.2, 0.25) is 0 Å². The Morgan fingerprint density at radius 2 is 2.18 bits per heavy atom. The number of benzene rings is 2. The van der Waals surface area contributed by atoms with E-state index in [1.54, 1.807) is 19.2 Å². The molecule has 28 heavy (non-hydrogen) atoms. The molecule has 0 saturated carbocycles. The SMILES string of the molecule is COCCc1nc2ccc(C(=O)NCc3ccc4c(c3)CCCN4C)cc2o1. The molecule has 2 aromatic carbocycles. The van der Waals surface area contributed by atoms with E-state index in [9.17, 15) is 4.79 Å². The van der Waals surface area contributed by atoms with Crippen LogP contribution < -0.4 is 10.2 Å². The van der Waals surface area contributed by atoms with Gasteiger partial charge in [0.1, 0.15) is 5.52 Å². The van der Waals surface area contributed by atoms with Crippen LogP contribution in [0, 0.1) is 0 Å². The second-order valence-corrected chi connectivity index (χ2v) is 7.20. The van der Waals surface area contributed by atoms with Crippen LogP contribution in [0.15, 0.2) is 40.8 Å². The van der Waals surface area contributed by atoms with Gasteiger partial charge < -0.3 is 19.4 Å². The van der Waals surface area contributed by atoms with Crippen molar-refractivity contribution in [2.75, 3.05) is 32.2 Å². The summed E-state index contributed by atoms with van der Waals surface area (Å²) < 4.78 is 10.8. The number of carbonyl (C=O) groups is 1. The zero-order valence-corrected chi connectivity index (χ0v) is 16.3. The zero-order chi connectivity index (χ0) is 19.5. The average molecular weight is 379 g/mol. The fourth-order valence-corrected chi connectivity index (χ4v) is 3.64. The average Bonchev–Trinajstić information content (AvgIpc) is 3.12. The molecule has 0 spiro atoms. The first-order valence-electron chi connectivity index (χ1n) is 9.63. The number of amides is 1. The summed E-state index contributed by atoms with van der Waals surface area (Å²) in [4.78, 5) is 19.3. The molecule has 0 saturated heterocycles. The van der Waals surface area contributed by atoms with Crippen LogP contribution in [0.25, 0.3) is 11.1 Å². The van der Waals surface area contributed by atoms with Gasteiger partial charge in [-0.1, -0.05) is 12.1 Å². The largest absolute Gasteiger partial charge is 0.441 e. The highest BCUT2D eigenvalue weighted by Crippen LogP contribution is 2.26. The summed E-state index contributed by atoms with van der Waals surface area (Å²) in [5.41, 5.74) is 5.70.